The molecule has 0 aromatic carbocycles. The number of amides is 1. The van der Waals surface area contributed by atoms with Crippen molar-refractivity contribution >= 4 is 23.6 Å². The number of nitrogens with two attached hydrogens (primary N) is 1. The second-order valence-electron chi connectivity index (χ2n) is 15.7. The lowest BCUT2D eigenvalue weighted by Crippen LogP contribution is -2.62. The van der Waals surface area contributed by atoms with Gasteiger partial charge in [-0.05, 0) is 74.9 Å². The topological polar surface area (TPSA) is 156 Å². The van der Waals surface area contributed by atoms with E-state index in [4.69, 9.17) is 34.2 Å². The Labute approximate surface area is 293 Å². The van der Waals surface area contributed by atoms with Gasteiger partial charge in [-0.25, -0.2) is 4.79 Å². The standard InChI is InChI=1S/C36H63N3O10/c1-15-25-36(10)28(39(20(3)18-37)33(43)49-36)22(5)26(40)19(2)17-35(9,45-14)30(23(6)29(41)34(7,8)32(42)47-25)48-31-27(44-13)24(38(11)12)16-21(4)46-31/h19-25,27-28,30-31H,15-18,37H2,1-14H3/t19-,20?,21?,22?,23+,24?,25-,27-,28?,30-,31?,35-,36-/m1/s1. The minimum Gasteiger partial charge on any atom is -0.457 e. The molecule has 3 aliphatic rings. The Morgan fingerprint density at radius 2 is 1.63 bits per heavy atom. The Morgan fingerprint density at radius 3 is 2.14 bits per heavy atom. The molecule has 0 aromatic rings. The van der Waals surface area contributed by atoms with Gasteiger partial charge in [-0.2, -0.15) is 0 Å². The van der Waals surface area contributed by atoms with Gasteiger partial charge >= 0.3 is 12.1 Å². The van der Waals surface area contributed by atoms with Gasteiger partial charge in [0.2, 0.25) is 0 Å². The molecule has 6 unspecified atom stereocenters. The van der Waals surface area contributed by atoms with Crippen LogP contribution in [0.1, 0.15) is 88.5 Å². The van der Waals surface area contributed by atoms with Crippen molar-refractivity contribution in [2.45, 2.75) is 149 Å². The van der Waals surface area contributed by atoms with Gasteiger partial charge in [0.25, 0.3) is 0 Å². The van der Waals surface area contributed by atoms with Crippen LogP contribution in [0.25, 0.3) is 0 Å². The number of cyclic esters (lactones) is 1. The lowest BCUT2D eigenvalue weighted by Gasteiger charge is -2.48. The molecule has 2 N–H and O–H groups in total. The largest absolute Gasteiger partial charge is 0.457 e. The minimum atomic E-state index is -1.63. The van der Waals surface area contributed by atoms with E-state index in [1.54, 1.807) is 34.8 Å². The molecular weight excluding hydrogens is 634 g/mol. The maximum atomic E-state index is 14.5. The van der Waals surface area contributed by atoms with E-state index in [-0.39, 0.29) is 37.3 Å². The highest BCUT2D eigenvalue weighted by molar-refractivity contribution is 6.04. The summed E-state index contributed by atoms with van der Waals surface area (Å²) in [5, 5.41) is 0. The second kappa shape index (κ2) is 15.6. The summed E-state index contributed by atoms with van der Waals surface area (Å²) in [6, 6.07) is -1.31. The summed E-state index contributed by atoms with van der Waals surface area (Å²) in [6.45, 7) is 17.6. The third kappa shape index (κ3) is 7.72. The Kier molecular flexibility index (Phi) is 13.1. The number of ether oxygens (including phenoxy) is 6. The summed E-state index contributed by atoms with van der Waals surface area (Å²) >= 11 is 0. The first kappa shape index (κ1) is 41.3. The predicted octanol–water partition coefficient (Wildman–Crippen LogP) is 3.58. The van der Waals surface area contributed by atoms with Crippen LogP contribution in [0.3, 0.4) is 0 Å². The van der Waals surface area contributed by atoms with Crippen LogP contribution in [0.15, 0.2) is 0 Å². The predicted molar refractivity (Wildman–Crippen MR) is 183 cm³/mol. The number of fused-ring (bicyclic) bond motifs is 1. The van der Waals surface area contributed by atoms with Crippen LogP contribution in [-0.4, -0.2) is 128 Å². The quantitative estimate of drug-likeness (QED) is 0.291. The van der Waals surface area contributed by atoms with Crippen molar-refractivity contribution in [3.05, 3.63) is 0 Å². The van der Waals surface area contributed by atoms with E-state index in [9.17, 15) is 19.2 Å². The second-order valence-corrected chi connectivity index (χ2v) is 15.7. The minimum absolute atomic E-state index is 0.0414. The van der Waals surface area contributed by atoms with Crippen LogP contribution in [0.5, 0.6) is 0 Å². The number of likely N-dealkylation sites (N-methyl/N-ethyl adjacent to an activating group) is 1. The summed E-state index contributed by atoms with van der Waals surface area (Å²) in [6.07, 6.45) is -2.99. The van der Waals surface area contributed by atoms with Crippen LogP contribution in [0, 0.1) is 23.2 Å². The number of nitrogens with zero attached hydrogens (tertiary/aromatic N) is 2. The van der Waals surface area contributed by atoms with E-state index >= 15 is 0 Å². The lowest BCUT2D eigenvalue weighted by atomic mass is 9.71. The van der Waals surface area contributed by atoms with Crippen molar-refractivity contribution in [2.75, 3.05) is 34.9 Å². The summed E-state index contributed by atoms with van der Waals surface area (Å²) < 4.78 is 37.4. The summed E-state index contributed by atoms with van der Waals surface area (Å²) in [5.41, 5.74) is 1.78. The lowest BCUT2D eigenvalue weighted by molar-refractivity contribution is -0.299. The van der Waals surface area contributed by atoms with Crippen molar-refractivity contribution < 1.29 is 47.6 Å². The van der Waals surface area contributed by atoms with Crippen LogP contribution >= 0.6 is 0 Å². The molecular formula is C36H63N3O10. The van der Waals surface area contributed by atoms with Crippen molar-refractivity contribution in [1.82, 2.24) is 9.80 Å². The molecule has 282 valence electrons. The fourth-order valence-electron chi connectivity index (χ4n) is 8.41. The summed E-state index contributed by atoms with van der Waals surface area (Å²) in [4.78, 5) is 60.2. The number of esters is 1. The molecule has 3 fully saturated rings. The molecule has 0 radical (unpaired) electrons. The van der Waals surface area contributed by atoms with Gasteiger partial charge in [0.05, 0.1) is 23.9 Å². The number of carbonyl (C=O) groups is 4. The molecule has 0 bridgehead atoms. The molecule has 3 heterocycles. The number of ketones is 2. The van der Waals surface area contributed by atoms with Gasteiger partial charge in [0.15, 0.2) is 17.7 Å². The third-order valence-electron chi connectivity index (χ3n) is 11.5. The Balaban J connectivity index is 2.21. The zero-order valence-electron chi connectivity index (χ0n) is 32.2. The van der Waals surface area contributed by atoms with E-state index in [2.05, 4.69) is 4.90 Å². The van der Waals surface area contributed by atoms with Crippen molar-refractivity contribution in [2.24, 2.45) is 28.9 Å². The fourth-order valence-corrected chi connectivity index (χ4v) is 8.41. The Morgan fingerprint density at radius 1 is 1.02 bits per heavy atom. The molecule has 0 aromatic heterocycles. The Hall–Kier alpha value is -2.16. The number of hydrogen-bond donors (Lipinski definition) is 1. The van der Waals surface area contributed by atoms with Gasteiger partial charge in [-0.3, -0.25) is 19.3 Å². The van der Waals surface area contributed by atoms with E-state index in [0.717, 1.165) is 0 Å². The van der Waals surface area contributed by atoms with Gasteiger partial charge < -0.3 is 39.1 Å². The smallest absolute Gasteiger partial charge is 0.411 e. The van der Waals surface area contributed by atoms with E-state index in [1.165, 1.54) is 25.9 Å². The highest BCUT2D eigenvalue weighted by atomic mass is 16.7. The monoisotopic (exact) mass is 697 g/mol. The van der Waals surface area contributed by atoms with Crippen LogP contribution in [0.2, 0.25) is 0 Å². The average molecular weight is 698 g/mol. The molecule has 0 aliphatic carbocycles. The normalized spacial score (nSPS) is 41.6. The molecule has 0 saturated carbocycles. The first-order valence-electron chi connectivity index (χ1n) is 17.7. The zero-order chi connectivity index (χ0) is 37.4. The van der Waals surface area contributed by atoms with Crippen molar-refractivity contribution in [3.8, 4) is 0 Å². The highest BCUT2D eigenvalue weighted by Crippen LogP contribution is 2.44. The summed E-state index contributed by atoms with van der Waals surface area (Å²) in [5.74, 6) is -3.63. The molecule has 49 heavy (non-hydrogen) atoms. The first-order valence-corrected chi connectivity index (χ1v) is 17.7. The maximum absolute atomic E-state index is 14.5. The maximum Gasteiger partial charge on any atom is 0.411 e. The van der Waals surface area contributed by atoms with Gasteiger partial charge in [-0.15, -0.1) is 0 Å². The first-order chi connectivity index (χ1) is 22.7. The fraction of sp³-hybridized carbons (Fsp3) is 0.889. The van der Waals surface area contributed by atoms with Crippen molar-refractivity contribution in [3.63, 3.8) is 0 Å². The highest BCUT2D eigenvalue weighted by Gasteiger charge is 2.62. The molecule has 0 spiro atoms. The third-order valence-corrected chi connectivity index (χ3v) is 11.5. The Bertz CT molecular complexity index is 1210. The summed E-state index contributed by atoms with van der Waals surface area (Å²) in [7, 11) is 7.05. The van der Waals surface area contributed by atoms with E-state index in [1.807, 2.05) is 41.8 Å². The molecule has 3 saturated heterocycles. The molecule has 13 nitrogen and oxygen atoms in total. The van der Waals surface area contributed by atoms with Crippen LogP contribution < -0.4 is 5.73 Å². The van der Waals surface area contributed by atoms with E-state index < -0.39 is 88.9 Å². The average Bonchev–Trinajstić information content (AvgIpc) is 3.33. The van der Waals surface area contributed by atoms with E-state index in [0.29, 0.717) is 6.42 Å². The number of carbonyl (C=O) groups excluding carboxylic acids is 4. The molecule has 1 amide bonds. The molecule has 3 rings (SSSR count). The number of rotatable bonds is 8. The van der Waals surface area contributed by atoms with Gasteiger partial charge in [0.1, 0.15) is 23.4 Å². The van der Waals surface area contributed by atoms with Crippen LogP contribution in [-0.2, 0) is 42.8 Å². The SMILES string of the molecule is CC[C@H]1OC(=O)C(C)(C)C(=O)[C@H](C)[C@@H](OC2OC(C)CC(N(C)C)[C@H]2OC)[C@](C)(OC)C[C@@H](C)C(=O)C(C)C2N(C(C)CN)C(=O)O[C@@]21C. The van der Waals surface area contributed by atoms with Gasteiger partial charge in [-0.1, -0.05) is 27.7 Å². The number of hydrogen-bond acceptors (Lipinski definition) is 12. The molecule has 3 aliphatic heterocycles. The van der Waals surface area contributed by atoms with Crippen LogP contribution in [0.4, 0.5) is 4.79 Å². The molecule has 13 atom stereocenters. The van der Waals surface area contributed by atoms with Gasteiger partial charge in [0, 0.05) is 50.6 Å². The number of Topliss-reactive ketones (excluding diaryl/α,β-unsaturated/α-hetero) is 2. The molecule has 13 heteroatoms. The number of methoxy groups -OCH3 is 2. The zero-order valence-corrected chi connectivity index (χ0v) is 32.2. The van der Waals surface area contributed by atoms with Crippen molar-refractivity contribution in [1.29, 1.82) is 0 Å².